The highest BCUT2D eigenvalue weighted by atomic mass is 79.9. The van der Waals surface area contributed by atoms with E-state index in [2.05, 4.69) is 20.9 Å². The van der Waals surface area contributed by atoms with Crippen LogP contribution in [0, 0.1) is 6.92 Å². The molecule has 4 heteroatoms. The van der Waals surface area contributed by atoms with Crippen LogP contribution in [0.4, 0.5) is 5.69 Å². The molecule has 1 aromatic heterocycles. The molecule has 18 heavy (non-hydrogen) atoms. The van der Waals surface area contributed by atoms with Gasteiger partial charge in [0.15, 0.2) is 5.58 Å². The molecule has 3 rings (SSSR count). The van der Waals surface area contributed by atoms with Gasteiger partial charge in [-0.15, -0.1) is 0 Å². The van der Waals surface area contributed by atoms with Crippen molar-refractivity contribution in [2.75, 3.05) is 5.73 Å². The number of fused-ring (bicyclic) bond motifs is 1. The first kappa shape index (κ1) is 11.3. The van der Waals surface area contributed by atoms with E-state index in [1.165, 1.54) is 0 Å². The zero-order valence-corrected chi connectivity index (χ0v) is 11.4. The molecule has 3 nitrogen and oxygen atoms in total. The number of hydrogen-bond acceptors (Lipinski definition) is 3. The van der Waals surface area contributed by atoms with Crippen LogP contribution in [0.25, 0.3) is 22.6 Å². The van der Waals surface area contributed by atoms with Gasteiger partial charge in [-0.2, -0.15) is 0 Å². The summed E-state index contributed by atoms with van der Waals surface area (Å²) in [7, 11) is 0. The fraction of sp³-hybridized carbons (Fsp3) is 0.0714. The van der Waals surface area contributed by atoms with Gasteiger partial charge in [0.2, 0.25) is 5.89 Å². The molecule has 0 aliphatic rings. The Labute approximate surface area is 113 Å². The molecule has 0 unspecified atom stereocenters. The van der Waals surface area contributed by atoms with Crippen LogP contribution in [-0.4, -0.2) is 4.98 Å². The van der Waals surface area contributed by atoms with Crippen LogP contribution in [0.5, 0.6) is 0 Å². The van der Waals surface area contributed by atoms with Crippen molar-refractivity contribution in [3.05, 3.63) is 46.4 Å². The number of oxazole rings is 1. The normalized spacial score (nSPS) is 11.0. The number of aryl methyl sites for hydroxylation is 1. The summed E-state index contributed by atoms with van der Waals surface area (Å²) in [5.41, 5.74) is 10.2. The fourth-order valence-corrected chi connectivity index (χ4v) is 2.25. The average Bonchev–Trinajstić information content (AvgIpc) is 2.78. The van der Waals surface area contributed by atoms with Gasteiger partial charge in [-0.3, -0.25) is 0 Å². The highest BCUT2D eigenvalue weighted by molar-refractivity contribution is 9.10. The number of hydrogen-bond donors (Lipinski definition) is 1. The molecule has 0 aliphatic heterocycles. The van der Waals surface area contributed by atoms with Gasteiger partial charge >= 0.3 is 0 Å². The van der Waals surface area contributed by atoms with Gasteiger partial charge in [0, 0.05) is 11.3 Å². The van der Waals surface area contributed by atoms with Gasteiger partial charge in [-0.25, -0.2) is 4.98 Å². The van der Waals surface area contributed by atoms with Crippen LogP contribution in [0.15, 0.2) is 45.3 Å². The highest BCUT2D eigenvalue weighted by Crippen LogP contribution is 2.30. The number of nitrogen functional groups attached to an aromatic ring is 1. The van der Waals surface area contributed by atoms with Gasteiger partial charge in [-0.1, -0.05) is 12.1 Å². The molecule has 90 valence electrons. The van der Waals surface area contributed by atoms with Crippen LogP contribution in [0.3, 0.4) is 0 Å². The van der Waals surface area contributed by atoms with Crippen LogP contribution in [0.2, 0.25) is 0 Å². The summed E-state index contributed by atoms with van der Waals surface area (Å²) >= 11 is 3.45. The van der Waals surface area contributed by atoms with Gasteiger partial charge in [-0.05, 0) is 52.7 Å². The first-order valence-corrected chi connectivity index (χ1v) is 6.36. The number of nitrogens with two attached hydrogens (primary N) is 1. The Bertz CT molecular complexity index is 734. The Morgan fingerprint density at radius 1 is 1.22 bits per heavy atom. The molecule has 1 heterocycles. The first-order chi connectivity index (χ1) is 8.65. The number of halogens is 1. The number of rotatable bonds is 1. The standard InChI is InChI=1S/C14H11BrN2O/c1-8-5-6-9(7-11(8)16)14-17-12-4-2-3-10(15)13(12)18-14/h2-7H,16H2,1H3. The van der Waals surface area contributed by atoms with Gasteiger partial charge in [0.25, 0.3) is 0 Å². The second-order valence-corrected chi connectivity index (χ2v) is 5.03. The van der Waals surface area contributed by atoms with Crippen molar-refractivity contribution in [2.24, 2.45) is 0 Å². The lowest BCUT2D eigenvalue weighted by Gasteiger charge is -2.01. The molecule has 0 amide bonds. The molecule has 0 saturated heterocycles. The summed E-state index contributed by atoms with van der Waals surface area (Å²) in [5, 5.41) is 0. The summed E-state index contributed by atoms with van der Waals surface area (Å²) in [5.74, 6) is 0.587. The first-order valence-electron chi connectivity index (χ1n) is 5.57. The quantitative estimate of drug-likeness (QED) is 0.687. The lowest BCUT2D eigenvalue weighted by Crippen LogP contribution is -1.89. The molecule has 0 bridgehead atoms. The Kier molecular flexibility index (Phi) is 2.59. The molecule has 0 spiro atoms. The Morgan fingerprint density at radius 3 is 2.78 bits per heavy atom. The van der Waals surface area contributed by atoms with Crippen molar-refractivity contribution in [2.45, 2.75) is 6.92 Å². The number of anilines is 1. The number of benzene rings is 2. The van der Waals surface area contributed by atoms with Crippen molar-refractivity contribution < 1.29 is 4.42 Å². The van der Waals surface area contributed by atoms with E-state index in [0.29, 0.717) is 5.89 Å². The van der Waals surface area contributed by atoms with E-state index in [1.807, 2.05) is 43.3 Å². The largest absolute Gasteiger partial charge is 0.435 e. The summed E-state index contributed by atoms with van der Waals surface area (Å²) in [6.07, 6.45) is 0. The summed E-state index contributed by atoms with van der Waals surface area (Å²) < 4.78 is 6.67. The lowest BCUT2D eigenvalue weighted by atomic mass is 10.1. The van der Waals surface area contributed by atoms with Crippen molar-refractivity contribution in [1.29, 1.82) is 0 Å². The minimum Gasteiger partial charge on any atom is -0.435 e. The van der Waals surface area contributed by atoms with Crippen LogP contribution < -0.4 is 5.73 Å². The Balaban J connectivity index is 2.19. The zero-order chi connectivity index (χ0) is 12.7. The maximum Gasteiger partial charge on any atom is 0.227 e. The predicted molar refractivity (Wildman–Crippen MR) is 76.3 cm³/mol. The van der Waals surface area contributed by atoms with Crippen molar-refractivity contribution in [1.82, 2.24) is 4.98 Å². The SMILES string of the molecule is Cc1ccc(-c2nc3cccc(Br)c3o2)cc1N. The molecule has 0 radical (unpaired) electrons. The number of aromatic nitrogens is 1. The Hall–Kier alpha value is -1.81. The third-order valence-corrected chi connectivity index (χ3v) is 3.52. The smallest absolute Gasteiger partial charge is 0.227 e. The summed E-state index contributed by atoms with van der Waals surface area (Å²) in [6.45, 7) is 1.97. The zero-order valence-electron chi connectivity index (χ0n) is 9.77. The highest BCUT2D eigenvalue weighted by Gasteiger charge is 2.10. The van der Waals surface area contributed by atoms with E-state index >= 15 is 0 Å². The summed E-state index contributed by atoms with van der Waals surface area (Å²) in [4.78, 5) is 4.46. The van der Waals surface area contributed by atoms with Crippen LogP contribution in [-0.2, 0) is 0 Å². The predicted octanol–water partition coefficient (Wildman–Crippen LogP) is 4.15. The minimum absolute atomic E-state index is 0.587. The third kappa shape index (κ3) is 1.78. The summed E-state index contributed by atoms with van der Waals surface area (Å²) in [6, 6.07) is 11.6. The maximum absolute atomic E-state index is 5.90. The molecule has 2 aromatic carbocycles. The molecule has 0 fully saturated rings. The van der Waals surface area contributed by atoms with Crippen LogP contribution in [0.1, 0.15) is 5.56 Å². The second-order valence-electron chi connectivity index (χ2n) is 4.18. The van der Waals surface area contributed by atoms with E-state index in [4.69, 9.17) is 10.2 Å². The van der Waals surface area contributed by atoms with Gasteiger partial charge in [0.1, 0.15) is 5.52 Å². The topological polar surface area (TPSA) is 52.0 Å². The second kappa shape index (κ2) is 4.14. The van der Waals surface area contributed by atoms with Crippen molar-refractivity contribution in [3.63, 3.8) is 0 Å². The Morgan fingerprint density at radius 2 is 2.06 bits per heavy atom. The molecule has 0 aliphatic carbocycles. The molecule has 2 N–H and O–H groups in total. The molecular formula is C14H11BrN2O. The minimum atomic E-state index is 0.587. The van der Waals surface area contributed by atoms with E-state index in [1.54, 1.807) is 0 Å². The van der Waals surface area contributed by atoms with E-state index in [9.17, 15) is 0 Å². The van der Waals surface area contributed by atoms with E-state index < -0.39 is 0 Å². The maximum atomic E-state index is 5.90. The lowest BCUT2D eigenvalue weighted by molar-refractivity contribution is 0.618. The molecular weight excluding hydrogens is 292 g/mol. The van der Waals surface area contributed by atoms with Gasteiger partial charge in [0.05, 0.1) is 4.47 Å². The van der Waals surface area contributed by atoms with E-state index in [-0.39, 0.29) is 0 Å². The van der Waals surface area contributed by atoms with Crippen molar-refractivity contribution >= 4 is 32.7 Å². The van der Waals surface area contributed by atoms with Gasteiger partial charge < -0.3 is 10.2 Å². The molecule has 0 saturated carbocycles. The number of nitrogens with zero attached hydrogens (tertiary/aromatic N) is 1. The fourth-order valence-electron chi connectivity index (χ4n) is 1.81. The van der Waals surface area contributed by atoms with Crippen LogP contribution >= 0.6 is 15.9 Å². The van der Waals surface area contributed by atoms with Crippen molar-refractivity contribution in [3.8, 4) is 11.5 Å². The molecule has 3 aromatic rings. The molecule has 0 atom stereocenters. The average molecular weight is 303 g/mol. The monoisotopic (exact) mass is 302 g/mol. The number of para-hydroxylation sites is 1. The third-order valence-electron chi connectivity index (χ3n) is 2.89. The van der Waals surface area contributed by atoms with E-state index in [0.717, 1.165) is 32.4 Å².